The van der Waals surface area contributed by atoms with E-state index in [4.69, 9.17) is 0 Å². The molecule has 0 fully saturated rings. The third kappa shape index (κ3) is 1.85. The lowest BCUT2D eigenvalue weighted by molar-refractivity contribution is 0.0698. The second-order valence-electron chi connectivity index (χ2n) is 5.53. The molecule has 0 atom stereocenters. The Bertz CT molecular complexity index is 636. The van der Waals surface area contributed by atoms with Crippen LogP contribution in [0.15, 0.2) is 6.20 Å². The van der Waals surface area contributed by atoms with Crippen molar-refractivity contribution in [3.63, 3.8) is 0 Å². The minimum atomic E-state index is -0.946. The Labute approximate surface area is 105 Å². The van der Waals surface area contributed by atoms with E-state index < -0.39 is 5.97 Å². The molecule has 2 heterocycles. The van der Waals surface area contributed by atoms with Gasteiger partial charge in [0.05, 0.1) is 16.6 Å². The Kier molecular flexibility index (Phi) is 2.65. The molecule has 0 aromatic carbocycles. The van der Waals surface area contributed by atoms with Gasteiger partial charge in [0, 0.05) is 18.7 Å². The van der Waals surface area contributed by atoms with Crippen molar-refractivity contribution < 1.29 is 9.90 Å². The maximum atomic E-state index is 11.3. The summed E-state index contributed by atoms with van der Waals surface area (Å²) < 4.78 is 1.74. The first kappa shape index (κ1) is 12.5. The highest BCUT2D eigenvalue weighted by Crippen LogP contribution is 2.30. The fourth-order valence-electron chi connectivity index (χ4n) is 2.09. The number of aromatic carboxylic acids is 1. The predicted octanol–water partition coefficient (Wildman–Crippen LogP) is 2.27. The minimum Gasteiger partial charge on any atom is -0.478 e. The van der Waals surface area contributed by atoms with E-state index in [1.807, 2.05) is 27.7 Å². The van der Waals surface area contributed by atoms with Crippen LogP contribution in [0.3, 0.4) is 0 Å². The molecule has 0 bridgehead atoms. The summed E-state index contributed by atoms with van der Waals surface area (Å²) in [5.41, 5.74) is 1.49. The molecular weight excluding hydrogens is 230 g/mol. The van der Waals surface area contributed by atoms with Gasteiger partial charge in [-0.3, -0.25) is 0 Å². The molecule has 2 rings (SSSR count). The van der Waals surface area contributed by atoms with Gasteiger partial charge in [-0.15, -0.1) is 0 Å². The van der Waals surface area contributed by atoms with Crippen molar-refractivity contribution in [3.8, 4) is 0 Å². The van der Waals surface area contributed by atoms with E-state index in [1.165, 1.54) is 0 Å². The van der Waals surface area contributed by atoms with E-state index in [0.29, 0.717) is 16.9 Å². The van der Waals surface area contributed by atoms with Gasteiger partial charge in [-0.2, -0.15) is 0 Å². The molecule has 5 heteroatoms. The normalized spacial score (nSPS) is 12.1. The summed E-state index contributed by atoms with van der Waals surface area (Å²) in [5.74, 6) is -0.288. The van der Waals surface area contributed by atoms with Crippen LogP contribution in [-0.2, 0) is 12.5 Å². The zero-order chi connectivity index (χ0) is 13.7. The molecule has 0 spiro atoms. The average Bonchev–Trinajstić information content (AvgIpc) is 2.54. The van der Waals surface area contributed by atoms with E-state index in [2.05, 4.69) is 9.97 Å². The number of carbonyl (C=O) groups is 1. The van der Waals surface area contributed by atoms with Gasteiger partial charge in [0.2, 0.25) is 0 Å². The zero-order valence-electron chi connectivity index (χ0n) is 11.3. The summed E-state index contributed by atoms with van der Waals surface area (Å²) in [7, 11) is 1.80. The molecule has 0 saturated heterocycles. The van der Waals surface area contributed by atoms with Crippen LogP contribution in [0.4, 0.5) is 0 Å². The van der Waals surface area contributed by atoms with Gasteiger partial charge in [-0.05, 0) is 6.92 Å². The van der Waals surface area contributed by atoms with Crippen molar-refractivity contribution >= 4 is 17.0 Å². The number of aryl methyl sites for hydroxylation is 2. The van der Waals surface area contributed by atoms with Crippen LogP contribution in [0.5, 0.6) is 0 Å². The van der Waals surface area contributed by atoms with Crippen molar-refractivity contribution in [3.05, 3.63) is 23.3 Å². The summed E-state index contributed by atoms with van der Waals surface area (Å²) in [6.45, 7) is 7.88. The van der Waals surface area contributed by atoms with Gasteiger partial charge >= 0.3 is 5.97 Å². The highest BCUT2D eigenvalue weighted by molar-refractivity contribution is 6.03. The van der Waals surface area contributed by atoms with Crippen LogP contribution in [0.25, 0.3) is 11.0 Å². The van der Waals surface area contributed by atoms with Crippen molar-refractivity contribution in [2.24, 2.45) is 7.05 Å². The van der Waals surface area contributed by atoms with Gasteiger partial charge in [0.25, 0.3) is 0 Å². The van der Waals surface area contributed by atoms with Crippen LogP contribution < -0.4 is 0 Å². The molecule has 0 amide bonds. The number of fused-ring (bicyclic) bond motifs is 1. The molecule has 0 saturated carbocycles. The van der Waals surface area contributed by atoms with Gasteiger partial charge in [-0.25, -0.2) is 14.8 Å². The van der Waals surface area contributed by atoms with Crippen molar-refractivity contribution in [2.75, 3.05) is 0 Å². The van der Waals surface area contributed by atoms with E-state index in [1.54, 1.807) is 17.8 Å². The molecule has 0 radical (unpaired) electrons. The molecule has 0 aliphatic heterocycles. The minimum absolute atomic E-state index is 0.225. The Morgan fingerprint density at radius 1 is 1.33 bits per heavy atom. The largest absolute Gasteiger partial charge is 0.478 e. The Morgan fingerprint density at radius 3 is 2.44 bits per heavy atom. The molecule has 18 heavy (non-hydrogen) atoms. The topological polar surface area (TPSA) is 68.0 Å². The molecule has 2 aromatic rings. The summed E-state index contributed by atoms with van der Waals surface area (Å²) in [6.07, 6.45) is 1.59. The van der Waals surface area contributed by atoms with Crippen LogP contribution >= 0.6 is 0 Å². The second kappa shape index (κ2) is 3.80. The lowest BCUT2D eigenvalue weighted by Gasteiger charge is -2.19. The standard InChI is InChI=1S/C13H17N3O2/c1-7-14-10(13(2,3)4)9-8(12(17)18)6-16(5)11(9)15-7/h6H,1-5H3,(H,17,18). The molecule has 96 valence electrons. The molecular formula is C13H17N3O2. The average molecular weight is 247 g/mol. The first-order valence-electron chi connectivity index (χ1n) is 5.79. The fourth-order valence-corrected chi connectivity index (χ4v) is 2.09. The van der Waals surface area contributed by atoms with E-state index in [-0.39, 0.29) is 11.0 Å². The third-order valence-corrected chi connectivity index (χ3v) is 2.87. The quantitative estimate of drug-likeness (QED) is 0.839. The summed E-state index contributed by atoms with van der Waals surface area (Å²) in [4.78, 5) is 20.1. The van der Waals surface area contributed by atoms with E-state index >= 15 is 0 Å². The second-order valence-corrected chi connectivity index (χ2v) is 5.53. The van der Waals surface area contributed by atoms with Gasteiger partial charge in [0.1, 0.15) is 11.5 Å². The van der Waals surface area contributed by atoms with Gasteiger partial charge in [0.15, 0.2) is 0 Å². The summed E-state index contributed by atoms with van der Waals surface area (Å²) in [6, 6.07) is 0. The van der Waals surface area contributed by atoms with Crippen molar-refractivity contribution in [2.45, 2.75) is 33.1 Å². The van der Waals surface area contributed by atoms with Gasteiger partial charge < -0.3 is 9.67 Å². The SMILES string of the molecule is Cc1nc(C(C)(C)C)c2c(C(=O)O)cn(C)c2n1. The first-order chi connectivity index (χ1) is 8.21. The van der Waals surface area contributed by atoms with Crippen molar-refractivity contribution in [1.82, 2.24) is 14.5 Å². The fraction of sp³-hybridized carbons (Fsp3) is 0.462. The number of nitrogens with zero attached hydrogens (tertiary/aromatic N) is 3. The Balaban J connectivity index is 2.97. The maximum Gasteiger partial charge on any atom is 0.338 e. The van der Waals surface area contributed by atoms with Gasteiger partial charge in [-0.1, -0.05) is 20.8 Å². The summed E-state index contributed by atoms with van der Waals surface area (Å²) in [5, 5.41) is 9.93. The molecule has 0 unspecified atom stereocenters. The Morgan fingerprint density at radius 2 is 1.94 bits per heavy atom. The monoisotopic (exact) mass is 247 g/mol. The molecule has 1 N–H and O–H groups in total. The van der Waals surface area contributed by atoms with Crippen LogP contribution in [-0.4, -0.2) is 25.6 Å². The molecule has 5 nitrogen and oxygen atoms in total. The number of hydrogen-bond acceptors (Lipinski definition) is 3. The molecule has 2 aromatic heterocycles. The van der Waals surface area contributed by atoms with Crippen LogP contribution in [0.1, 0.15) is 42.6 Å². The lowest BCUT2D eigenvalue weighted by Crippen LogP contribution is -2.16. The lowest BCUT2D eigenvalue weighted by atomic mass is 9.89. The highest BCUT2D eigenvalue weighted by atomic mass is 16.4. The third-order valence-electron chi connectivity index (χ3n) is 2.87. The number of carboxylic acid groups (broad SMARTS) is 1. The maximum absolute atomic E-state index is 11.3. The van der Waals surface area contributed by atoms with Crippen LogP contribution in [0, 0.1) is 6.92 Å². The Hall–Kier alpha value is -1.91. The summed E-state index contributed by atoms with van der Waals surface area (Å²) >= 11 is 0. The first-order valence-corrected chi connectivity index (χ1v) is 5.79. The molecule has 0 aliphatic carbocycles. The predicted molar refractivity (Wildman–Crippen MR) is 68.9 cm³/mol. The zero-order valence-corrected chi connectivity index (χ0v) is 11.3. The van der Waals surface area contributed by atoms with Crippen LogP contribution in [0.2, 0.25) is 0 Å². The van der Waals surface area contributed by atoms with Crippen molar-refractivity contribution in [1.29, 1.82) is 0 Å². The van der Waals surface area contributed by atoms with E-state index in [0.717, 1.165) is 5.69 Å². The van der Waals surface area contributed by atoms with E-state index in [9.17, 15) is 9.90 Å². The number of aromatic nitrogens is 3. The highest BCUT2D eigenvalue weighted by Gasteiger charge is 2.25. The number of hydrogen-bond donors (Lipinski definition) is 1. The smallest absolute Gasteiger partial charge is 0.338 e. The number of carboxylic acids is 1. The molecule has 0 aliphatic rings. The number of rotatable bonds is 1.